The zero-order valence-electron chi connectivity index (χ0n) is 13.6. The van der Waals surface area contributed by atoms with Gasteiger partial charge in [-0.3, -0.25) is 14.9 Å². The first-order chi connectivity index (χ1) is 11.9. The van der Waals surface area contributed by atoms with E-state index in [1.807, 2.05) is 0 Å². The molecule has 1 aliphatic carbocycles. The number of benzene rings is 1. The van der Waals surface area contributed by atoms with Crippen LogP contribution in [0.1, 0.15) is 19.4 Å². The quantitative estimate of drug-likeness (QED) is 0.313. The van der Waals surface area contributed by atoms with Crippen LogP contribution in [0.2, 0.25) is 0 Å². The second-order valence-electron chi connectivity index (χ2n) is 6.48. The second-order valence-corrected chi connectivity index (χ2v) is 6.88. The lowest BCUT2D eigenvalue weighted by Crippen LogP contribution is -2.11. The zero-order valence-corrected chi connectivity index (χ0v) is 14.4. The van der Waals surface area contributed by atoms with E-state index in [4.69, 9.17) is 16.3 Å². The number of nitrogens with zero attached hydrogens (tertiary/aromatic N) is 1. The Morgan fingerprint density at radius 3 is 2.58 bits per heavy atom. The van der Waals surface area contributed by atoms with Crippen LogP contribution in [0.4, 0.5) is 23.2 Å². The van der Waals surface area contributed by atoms with E-state index >= 15 is 0 Å². The summed E-state index contributed by atoms with van der Waals surface area (Å²) in [5.74, 6) is -3.27. The van der Waals surface area contributed by atoms with Crippen LogP contribution in [0, 0.1) is 33.2 Å². The van der Waals surface area contributed by atoms with Crippen molar-refractivity contribution < 1.29 is 32.0 Å². The molecule has 0 aromatic heterocycles. The summed E-state index contributed by atoms with van der Waals surface area (Å²) in [6, 6.07) is 2.76. The Morgan fingerprint density at radius 1 is 1.42 bits per heavy atom. The van der Waals surface area contributed by atoms with Crippen molar-refractivity contribution in [3.05, 3.63) is 50.8 Å². The Hall–Kier alpha value is -2.16. The number of ether oxygens (including phenoxy) is 1. The largest absolute Gasteiger partial charge is 0.460 e. The summed E-state index contributed by atoms with van der Waals surface area (Å²) < 4.78 is 56.2. The Labute approximate surface area is 150 Å². The second kappa shape index (κ2) is 6.86. The molecule has 1 aromatic rings. The summed E-state index contributed by atoms with van der Waals surface area (Å²) in [5, 5.41) is 9.37. The third kappa shape index (κ3) is 4.14. The first-order valence-electron chi connectivity index (χ1n) is 7.39. The third-order valence-electron chi connectivity index (χ3n) is 4.37. The van der Waals surface area contributed by atoms with Crippen LogP contribution in [-0.4, -0.2) is 17.1 Å². The molecule has 0 N–H and O–H groups in total. The molecule has 0 radical (unpaired) electrons. The Morgan fingerprint density at radius 2 is 2.04 bits per heavy atom. The van der Waals surface area contributed by atoms with E-state index in [0.29, 0.717) is 0 Å². The number of esters is 1. The van der Waals surface area contributed by atoms with Crippen LogP contribution in [0.15, 0.2) is 29.3 Å². The summed E-state index contributed by atoms with van der Waals surface area (Å²) in [6.07, 6.45) is -3.94. The van der Waals surface area contributed by atoms with Crippen LogP contribution in [0.25, 0.3) is 0 Å². The molecule has 0 heterocycles. The maximum absolute atomic E-state index is 13.7. The first kappa shape index (κ1) is 20.2. The SMILES string of the molecule is CC1(C)C(C=C(Cl)C(F)(F)F)C1C(=O)OCc1cc([N+](=O)[O-])ccc1F. The molecule has 10 heteroatoms. The van der Waals surface area contributed by atoms with Crippen LogP contribution in [0.3, 0.4) is 0 Å². The van der Waals surface area contributed by atoms with Gasteiger partial charge < -0.3 is 4.74 Å². The van der Waals surface area contributed by atoms with Crippen LogP contribution >= 0.6 is 11.6 Å². The van der Waals surface area contributed by atoms with Crippen molar-refractivity contribution in [2.24, 2.45) is 17.3 Å². The predicted octanol–water partition coefficient (Wildman–Crippen LogP) is 4.73. The number of halogens is 5. The highest BCUT2D eigenvalue weighted by Gasteiger charge is 2.62. The van der Waals surface area contributed by atoms with Crippen molar-refractivity contribution in [3.8, 4) is 0 Å². The third-order valence-corrected chi connectivity index (χ3v) is 4.71. The van der Waals surface area contributed by atoms with Crippen molar-refractivity contribution in [2.45, 2.75) is 26.6 Å². The number of alkyl halides is 3. The fourth-order valence-corrected chi connectivity index (χ4v) is 2.85. The van der Waals surface area contributed by atoms with Gasteiger partial charge in [0.1, 0.15) is 17.5 Å². The number of hydrogen-bond acceptors (Lipinski definition) is 4. The lowest BCUT2D eigenvalue weighted by Gasteiger charge is -2.07. The number of nitro benzene ring substituents is 1. The smallest absolute Gasteiger partial charge is 0.426 e. The van der Waals surface area contributed by atoms with Gasteiger partial charge in [-0.1, -0.05) is 31.5 Å². The number of carbonyl (C=O) groups is 1. The summed E-state index contributed by atoms with van der Waals surface area (Å²) >= 11 is 5.20. The lowest BCUT2D eigenvalue weighted by molar-refractivity contribution is -0.385. The monoisotopic (exact) mass is 395 g/mol. The first-order valence-corrected chi connectivity index (χ1v) is 7.77. The van der Waals surface area contributed by atoms with Crippen molar-refractivity contribution in [1.82, 2.24) is 0 Å². The summed E-state index contributed by atoms with van der Waals surface area (Å²) in [4.78, 5) is 22.1. The molecule has 0 amide bonds. The van der Waals surface area contributed by atoms with Crippen molar-refractivity contribution in [2.75, 3.05) is 0 Å². The molecule has 2 atom stereocenters. The Kier molecular flexibility index (Phi) is 5.32. The molecule has 1 aliphatic rings. The highest BCUT2D eigenvalue weighted by atomic mass is 35.5. The zero-order chi connectivity index (χ0) is 19.9. The summed E-state index contributed by atoms with van der Waals surface area (Å²) in [7, 11) is 0. The van der Waals surface area contributed by atoms with Gasteiger partial charge >= 0.3 is 12.1 Å². The van der Waals surface area contributed by atoms with E-state index in [0.717, 1.165) is 24.3 Å². The van der Waals surface area contributed by atoms with Gasteiger partial charge in [-0.15, -0.1) is 0 Å². The number of rotatable bonds is 5. The highest BCUT2D eigenvalue weighted by Crippen LogP contribution is 2.60. The number of allylic oxidation sites excluding steroid dienone is 2. The molecule has 1 fully saturated rings. The molecule has 5 nitrogen and oxygen atoms in total. The topological polar surface area (TPSA) is 69.4 Å². The number of hydrogen-bond donors (Lipinski definition) is 0. The molecule has 2 rings (SSSR count). The standard InChI is InChI=1S/C16H14ClF4NO4/c1-15(2)10(6-12(17)16(19,20)21)13(15)14(23)26-7-8-5-9(22(24)25)3-4-11(8)18/h3-6,10,13H,7H2,1-2H3. The molecule has 142 valence electrons. The van der Waals surface area contributed by atoms with Crippen molar-refractivity contribution in [3.63, 3.8) is 0 Å². The van der Waals surface area contributed by atoms with Gasteiger partial charge in [-0.2, -0.15) is 13.2 Å². The molecule has 1 saturated carbocycles. The summed E-state index contributed by atoms with van der Waals surface area (Å²) in [5.41, 5.74) is -1.38. The lowest BCUT2D eigenvalue weighted by atomic mass is 10.1. The molecule has 2 unspecified atom stereocenters. The van der Waals surface area contributed by atoms with Crippen LogP contribution in [-0.2, 0) is 16.1 Å². The molecular formula is C16H14ClF4NO4. The van der Waals surface area contributed by atoms with E-state index in [-0.39, 0.29) is 11.3 Å². The summed E-state index contributed by atoms with van der Waals surface area (Å²) in [6.45, 7) is 2.59. The number of nitro groups is 1. The van der Waals surface area contributed by atoms with E-state index in [1.165, 1.54) is 0 Å². The van der Waals surface area contributed by atoms with E-state index in [9.17, 15) is 32.5 Å². The van der Waals surface area contributed by atoms with Gasteiger partial charge in [0.25, 0.3) is 5.69 Å². The fraction of sp³-hybridized carbons (Fsp3) is 0.438. The van der Waals surface area contributed by atoms with Gasteiger partial charge in [0.2, 0.25) is 0 Å². The number of non-ortho nitro benzene ring substituents is 1. The molecule has 0 bridgehead atoms. The van der Waals surface area contributed by atoms with Gasteiger partial charge in [0, 0.05) is 17.7 Å². The molecular weight excluding hydrogens is 382 g/mol. The Bertz CT molecular complexity index is 776. The van der Waals surface area contributed by atoms with E-state index in [2.05, 4.69) is 0 Å². The van der Waals surface area contributed by atoms with E-state index < -0.39 is 51.8 Å². The van der Waals surface area contributed by atoms with Crippen molar-refractivity contribution >= 4 is 23.3 Å². The molecule has 1 aromatic carbocycles. The average molecular weight is 396 g/mol. The predicted molar refractivity (Wildman–Crippen MR) is 83.6 cm³/mol. The van der Waals surface area contributed by atoms with Crippen LogP contribution < -0.4 is 0 Å². The minimum Gasteiger partial charge on any atom is -0.460 e. The number of carbonyl (C=O) groups excluding carboxylic acids is 1. The van der Waals surface area contributed by atoms with Crippen molar-refractivity contribution in [1.29, 1.82) is 0 Å². The van der Waals surface area contributed by atoms with Gasteiger partial charge in [0.05, 0.1) is 10.8 Å². The maximum Gasteiger partial charge on any atom is 0.426 e. The normalized spacial score (nSPS) is 22.0. The maximum atomic E-state index is 13.7. The average Bonchev–Trinajstić information content (AvgIpc) is 3.05. The van der Waals surface area contributed by atoms with Gasteiger partial charge in [-0.05, 0) is 17.4 Å². The minimum atomic E-state index is -4.71. The Balaban J connectivity index is 2.07. The van der Waals surface area contributed by atoms with Gasteiger partial charge in [-0.25, -0.2) is 4.39 Å². The molecule has 0 spiro atoms. The molecule has 0 aliphatic heterocycles. The molecule has 0 saturated heterocycles. The highest BCUT2D eigenvalue weighted by molar-refractivity contribution is 6.30. The van der Waals surface area contributed by atoms with Crippen LogP contribution in [0.5, 0.6) is 0 Å². The fourth-order valence-electron chi connectivity index (χ4n) is 2.72. The molecule has 26 heavy (non-hydrogen) atoms. The van der Waals surface area contributed by atoms with Gasteiger partial charge in [0.15, 0.2) is 0 Å². The van der Waals surface area contributed by atoms with E-state index in [1.54, 1.807) is 13.8 Å². The minimum absolute atomic E-state index is 0.202.